The predicted molar refractivity (Wildman–Crippen MR) is 82.5 cm³/mol. The zero-order chi connectivity index (χ0) is 14.5. The first-order valence-electron chi connectivity index (χ1n) is 6.30. The van der Waals surface area contributed by atoms with Crippen molar-refractivity contribution < 1.29 is 10.2 Å². The average Bonchev–Trinajstić information content (AvgIpc) is 2.39. The summed E-state index contributed by atoms with van der Waals surface area (Å²) < 4.78 is 1.35. The Morgan fingerprint density at radius 3 is 2.50 bits per heavy atom. The van der Waals surface area contributed by atoms with E-state index in [-0.39, 0.29) is 11.2 Å². The Labute approximate surface area is 119 Å². The minimum absolute atomic E-state index is 0.0702. The van der Waals surface area contributed by atoms with Crippen molar-refractivity contribution in [3.8, 4) is 5.75 Å². The molecule has 0 aliphatic heterocycles. The molecular weight excluding hydrogens is 272 g/mol. The summed E-state index contributed by atoms with van der Waals surface area (Å²) in [6, 6.07) is 10.4. The lowest BCUT2D eigenvalue weighted by Crippen LogP contribution is -2.19. The minimum atomic E-state index is -1.14. The summed E-state index contributed by atoms with van der Waals surface area (Å²) in [6.07, 6.45) is 0. The van der Waals surface area contributed by atoms with Crippen LogP contribution in [-0.4, -0.2) is 10.2 Å². The van der Waals surface area contributed by atoms with Gasteiger partial charge in [0.1, 0.15) is 5.75 Å². The van der Waals surface area contributed by atoms with Crippen LogP contribution >= 0.6 is 11.3 Å². The number of phenols is 1. The number of rotatable bonds is 1. The van der Waals surface area contributed by atoms with Gasteiger partial charge in [-0.2, -0.15) is 0 Å². The van der Waals surface area contributed by atoms with Crippen molar-refractivity contribution in [2.45, 2.75) is 19.4 Å². The molecule has 3 rings (SSSR count). The molecule has 2 N–H and O–H groups in total. The number of hydrogen-bond donors (Lipinski definition) is 2. The van der Waals surface area contributed by atoms with Crippen molar-refractivity contribution in [1.29, 1.82) is 0 Å². The van der Waals surface area contributed by atoms with Gasteiger partial charge in [-0.25, -0.2) is 0 Å². The van der Waals surface area contributed by atoms with E-state index in [0.717, 1.165) is 4.70 Å². The number of benzene rings is 2. The van der Waals surface area contributed by atoms with Gasteiger partial charge < -0.3 is 10.2 Å². The van der Waals surface area contributed by atoms with Crippen LogP contribution in [0.5, 0.6) is 5.75 Å². The predicted octanol–water partition coefficient (Wildman–Crippen LogP) is 3.35. The highest BCUT2D eigenvalue weighted by atomic mass is 32.1. The van der Waals surface area contributed by atoms with Crippen molar-refractivity contribution >= 4 is 31.5 Å². The molecule has 102 valence electrons. The summed E-state index contributed by atoms with van der Waals surface area (Å²) in [4.78, 5) is 12.7. The van der Waals surface area contributed by atoms with Crippen LogP contribution in [0.25, 0.3) is 20.2 Å². The number of hydrogen-bond acceptors (Lipinski definition) is 4. The Kier molecular flexibility index (Phi) is 2.81. The van der Waals surface area contributed by atoms with E-state index in [0.29, 0.717) is 21.0 Å². The van der Waals surface area contributed by atoms with E-state index in [4.69, 9.17) is 0 Å². The van der Waals surface area contributed by atoms with Crippen LogP contribution in [0.1, 0.15) is 19.4 Å². The molecule has 0 saturated carbocycles. The third-order valence-corrected chi connectivity index (χ3v) is 4.56. The maximum Gasteiger partial charge on any atom is 0.196 e. The SMILES string of the molecule is CC(C)(O)c1ccc(O)c2sc3ccccc3c(=O)c12. The Balaban J connectivity index is 2.62. The smallest absolute Gasteiger partial charge is 0.196 e. The zero-order valence-corrected chi connectivity index (χ0v) is 12.0. The molecule has 20 heavy (non-hydrogen) atoms. The zero-order valence-electron chi connectivity index (χ0n) is 11.2. The maximum atomic E-state index is 12.7. The Morgan fingerprint density at radius 2 is 1.80 bits per heavy atom. The van der Waals surface area contributed by atoms with E-state index in [9.17, 15) is 15.0 Å². The molecule has 0 aliphatic carbocycles. The van der Waals surface area contributed by atoms with Crippen LogP contribution in [0.2, 0.25) is 0 Å². The van der Waals surface area contributed by atoms with E-state index in [1.54, 1.807) is 26.0 Å². The fourth-order valence-electron chi connectivity index (χ4n) is 2.40. The molecule has 0 atom stereocenters. The van der Waals surface area contributed by atoms with Gasteiger partial charge in [-0.15, -0.1) is 11.3 Å². The Hall–Kier alpha value is -1.91. The molecule has 0 fully saturated rings. The molecule has 0 amide bonds. The molecule has 0 radical (unpaired) electrons. The molecule has 3 aromatic rings. The molecule has 4 heteroatoms. The number of aromatic hydroxyl groups is 1. The molecule has 0 saturated heterocycles. The molecule has 1 aromatic heterocycles. The van der Waals surface area contributed by atoms with Crippen LogP contribution in [0, 0.1) is 0 Å². The van der Waals surface area contributed by atoms with Gasteiger partial charge in [0.15, 0.2) is 5.43 Å². The number of phenolic OH excluding ortho intramolecular Hbond substituents is 1. The van der Waals surface area contributed by atoms with Gasteiger partial charge in [0.2, 0.25) is 0 Å². The standard InChI is InChI=1S/C16H14O3S/c1-16(2,19)10-7-8-11(17)15-13(10)14(18)9-5-3-4-6-12(9)20-15/h3-8,17,19H,1-2H3. The van der Waals surface area contributed by atoms with Gasteiger partial charge in [-0.3, -0.25) is 4.79 Å². The van der Waals surface area contributed by atoms with Crippen LogP contribution in [-0.2, 0) is 5.60 Å². The molecule has 2 aromatic carbocycles. The van der Waals surface area contributed by atoms with Crippen LogP contribution < -0.4 is 5.43 Å². The molecule has 3 nitrogen and oxygen atoms in total. The minimum Gasteiger partial charge on any atom is -0.506 e. The first kappa shape index (κ1) is 13.1. The lowest BCUT2D eigenvalue weighted by molar-refractivity contribution is 0.0801. The number of fused-ring (bicyclic) bond motifs is 2. The van der Waals surface area contributed by atoms with Gasteiger partial charge in [0.05, 0.1) is 10.3 Å². The van der Waals surface area contributed by atoms with Gasteiger partial charge in [0.25, 0.3) is 0 Å². The van der Waals surface area contributed by atoms with Crippen LogP contribution in [0.4, 0.5) is 0 Å². The fourth-order valence-corrected chi connectivity index (χ4v) is 3.51. The first-order chi connectivity index (χ1) is 9.39. The van der Waals surface area contributed by atoms with Gasteiger partial charge in [-0.05, 0) is 37.6 Å². The van der Waals surface area contributed by atoms with Crippen molar-refractivity contribution in [3.05, 3.63) is 52.2 Å². The summed E-state index contributed by atoms with van der Waals surface area (Å²) >= 11 is 1.36. The third kappa shape index (κ3) is 1.88. The Morgan fingerprint density at radius 1 is 1.10 bits per heavy atom. The van der Waals surface area contributed by atoms with E-state index in [2.05, 4.69) is 0 Å². The van der Waals surface area contributed by atoms with Crippen LogP contribution in [0.15, 0.2) is 41.2 Å². The lowest BCUT2D eigenvalue weighted by Gasteiger charge is -2.20. The quantitative estimate of drug-likeness (QED) is 0.674. The lowest BCUT2D eigenvalue weighted by atomic mass is 9.94. The van der Waals surface area contributed by atoms with Gasteiger partial charge in [0, 0.05) is 15.5 Å². The van der Waals surface area contributed by atoms with Crippen molar-refractivity contribution in [1.82, 2.24) is 0 Å². The van der Waals surface area contributed by atoms with Crippen molar-refractivity contribution in [3.63, 3.8) is 0 Å². The number of aliphatic hydroxyl groups is 1. The van der Waals surface area contributed by atoms with E-state index in [1.807, 2.05) is 18.2 Å². The van der Waals surface area contributed by atoms with Gasteiger partial charge in [-0.1, -0.05) is 18.2 Å². The van der Waals surface area contributed by atoms with E-state index >= 15 is 0 Å². The molecule has 1 heterocycles. The molecule has 0 spiro atoms. The normalized spacial score (nSPS) is 12.2. The molecule has 0 bridgehead atoms. The highest BCUT2D eigenvalue weighted by Gasteiger charge is 2.23. The summed E-state index contributed by atoms with van der Waals surface area (Å²) in [7, 11) is 0. The third-order valence-electron chi connectivity index (χ3n) is 3.37. The second kappa shape index (κ2) is 4.30. The second-order valence-electron chi connectivity index (χ2n) is 5.32. The second-order valence-corrected chi connectivity index (χ2v) is 6.37. The highest BCUT2D eigenvalue weighted by molar-refractivity contribution is 7.24. The fraction of sp³-hybridized carbons (Fsp3) is 0.188. The molecule has 0 aliphatic rings. The summed E-state index contributed by atoms with van der Waals surface area (Å²) in [5.74, 6) is 0.0702. The van der Waals surface area contributed by atoms with Crippen LogP contribution in [0.3, 0.4) is 0 Å². The monoisotopic (exact) mass is 286 g/mol. The van der Waals surface area contributed by atoms with Crippen molar-refractivity contribution in [2.24, 2.45) is 0 Å². The molecular formula is C16H14O3S. The largest absolute Gasteiger partial charge is 0.506 e. The maximum absolute atomic E-state index is 12.7. The summed E-state index contributed by atoms with van der Waals surface area (Å²) in [5.41, 5.74) is -0.750. The summed E-state index contributed by atoms with van der Waals surface area (Å²) in [6.45, 7) is 3.27. The summed E-state index contributed by atoms with van der Waals surface area (Å²) in [5, 5.41) is 21.3. The topological polar surface area (TPSA) is 57.5 Å². The van der Waals surface area contributed by atoms with Gasteiger partial charge >= 0.3 is 0 Å². The first-order valence-corrected chi connectivity index (χ1v) is 7.11. The van der Waals surface area contributed by atoms with E-state index in [1.165, 1.54) is 17.4 Å². The average molecular weight is 286 g/mol. The molecule has 0 unspecified atom stereocenters. The van der Waals surface area contributed by atoms with E-state index < -0.39 is 5.60 Å². The Bertz CT molecular complexity index is 872. The van der Waals surface area contributed by atoms with Crippen molar-refractivity contribution in [2.75, 3.05) is 0 Å². The highest BCUT2D eigenvalue weighted by Crippen LogP contribution is 2.36.